The molecule has 0 aliphatic carbocycles. The Bertz CT molecular complexity index is 82.9. The molecule has 0 fully saturated rings. The summed E-state index contributed by atoms with van der Waals surface area (Å²) in [6, 6.07) is 0.854. The summed E-state index contributed by atoms with van der Waals surface area (Å²) in [5.41, 5.74) is 0. The maximum Gasteiger partial charge on any atom is 0.252 e. The highest BCUT2D eigenvalue weighted by atomic mass is 35.7. The van der Waals surface area contributed by atoms with Crippen LogP contribution in [0, 0.1) is 0 Å². The SMILES string of the molecule is C/C=C/C[Si](C)(Cl)Cl. The Morgan fingerprint density at radius 3 is 2.12 bits per heavy atom. The molecule has 0 nitrogen and oxygen atoms in total. The highest BCUT2D eigenvalue weighted by Crippen LogP contribution is 2.19. The lowest BCUT2D eigenvalue weighted by Gasteiger charge is -2.03. The Kier molecular flexibility index (Phi) is 3.78. The fourth-order valence-electron chi connectivity index (χ4n) is 0.325. The lowest BCUT2D eigenvalue weighted by atomic mass is 10.6. The maximum absolute atomic E-state index is 5.76. The molecule has 0 aromatic carbocycles. The van der Waals surface area contributed by atoms with Crippen molar-refractivity contribution < 1.29 is 0 Å². The fraction of sp³-hybridized carbons (Fsp3) is 0.600. The monoisotopic (exact) mass is 168 g/mol. The number of rotatable bonds is 2. The number of halogens is 2. The van der Waals surface area contributed by atoms with E-state index in [-0.39, 0.29) is 0 Å². The first-order valence-electron chi connectivity index (χ1n) is 2.55. The topological polar surface area (TPSA) is 0 Å². The normalized spacial score (nSPS) is 13.0. The Morgan fingerprint density at radius 1 is 1.50 bits per heavy atom. The van der Waals surface area contributed by atoms with Crippen LogP contribution < -0.4 is 0 Å². The second kappa shape index (κ2) is 3.54. The van der Waals surface area contributed by atoms with Gasteiger partial charge in [0, 0.05) is 0 Å². The predicted octanol–water partition coefficient (Wildman–Crippen LogP) is 3.11. The lowest BCUT2D eigenvalue weighted by Crippen LogP contribution is -2.09. The summed E-state index contributed by atoms with van der Waals surface area (Å²) in [4.78, 5) is 0. The summed E-state index contributed by atoms with van der Waals surface area (Å²) in [5, 5.41) is 0. The molecule has 8 heavy (non-hydrogen) atoms. The van der Waals surface area contributed by atoms with Gasteiger partial charge in [-0.1, -0.05) is 12.2 Å². The minimum atomic E-state index is -1.82. The van der Waals surface area contributed by atoms with Crippen molar-refractivity contribution in [2.24, 2.45) is 0 Å². The van der Waals surface area contributed by atoms with Gasteiger partial charge in [0.15, 0.2) is 0 Å². The molecule has 48 valence electrons. The fourth-order valence-corrected chi connectivity index (χ4v) is 1.51. The maximum atomic E-state index is 5.76. The van der Waals surface area contributed by atoms with Crippen molar-refractivity contribution in [1.29, 1.82) is 0 Å². The van der Waals surface area contributed by atoms with Gasteiger partial charge in [-0.25, -0.2) is 0 Å². The van der Waals surface area contributed by atoms with E-state index in [0.29, 0.717) is 0 Å². The summed E-state index contributed by atoms with van der Waals surface area (Å²) >= 11 is 11.5. The van der Waals surface area contributed by atoms with Crippen molar-refractivity contribution in [1.82, 2.24) is 0 Å². The van der Waals surface area contributed by atoms with Gasteiger partial charge in [-0.15, -0.1) is 22.2 Å². The second-order valence-corrected chi connectivity index (χ2v) is 9.98. The minimum Gasteiger partial charge on any atom is -0.146 e. The zero-order valence-electron chi connectivity index (χ0n) is 5.12. The summed E-state index contributed by atoms with van der Waals surface area (Å²) in [6.07, 6.45) is 3.97. The average Bonchev–Trinajstić information content (AvgIpc) is 1.59. The van der Waals surface area contributed by atoms with E-state index in [2.05, 4.69) is 0 Å². The Hall–Kier alpha value is 0.537. The van der Waals surface area contributed by atoms with Crippen LogP contribution in [-0.4, -0.2) is 6.69 Å². The Labute approximate surface area is 60.9 Å². The third kappa shape index (κ3) is 6.54. The van der Waals surface area contributed by atoms with Crippen molar-refractivity contribution in [3.63, 3.8) is 0 Å². The Balaban J connectivity index is 3.39. The van der Waals surface area contributed by atoms with Gasteiger partial charge in [0.05, 0.1) is 0 Å². The molecule has 0 unspecified atom stereocenters. The molecule has 0 saturated carbocycles. The van der Waals surface area contributed by atoms with Crippen LogP contribution in [0.3, 0.4) is 0 Å². The average molecular weight is 169 g/mol. The molecule has 0 bridgehead atoms. The molecule has 0 heterocycles. The molecule has 3 heteroatoms. The van der Waals surface area contributed by atoms with E-state index in [1.807, 2.05) is 25.6 Å². The van der Waals surface area contributed by atoms with Crippen LogP contribution >= 0.6 is 22.2 Å². The van der Waals surface area contributed by atoms with Crippen molar-refractivity contribution in [3.05, 3.63) is 12.2 Å². The van der Waals surface area contributed by atoms with Crippen molar-refractivity contribution in [2.75, 3.05) is 0 Å². The molecule has 0 amide bonds. The van der Waals surface area contributed by atoms with Gasteiger partial charge in [-0.3, -0.25) is 0 Å². The summed E-state index contributed by atoms with van der Waals surface area (Å²) in [7, 11) is 0. The van der Waals surface area contributed by atoms with Crippen LogP contribution in [0.15, 0.2) is 12.2 Å². The molecule has 0 aromatic rings. The van der Waals surface area contributed by atoms with Gasteiger partial charge in [-0.05, 0) is 19.5 Å². The van der Waals surface area contributed by atoms with E-state index in [1.165, 1.54) is 0 Å². The number of hydrogen-bond acceptors (Lipinski definition) is 0. The van der Waals surface area contributed by atoms with E-state index in [9.17, 15) is 0 Å². The first-order chi connectivity index (χ1) is 3.56. The molecule has 0 atom stereocenters. The molecule has 0 rings (SSSR count). The quantitative estimate of drug-likeness (QED) is 0.338. The highest BCUT2D eigenvalue weighted by Gasteiger charge is 2.17. The summed E-state index contributed by atoms with van der Waals surface area (Å²) < 4.78 is 0. The second-order valence-electron chi connectivity index (χ2n) is 1.84. The van der Waals surface area contributed by atoms with E-state index >= 15 is 0 Å². The molecule has 0 radical (unpaired) electrons. The zero-order valence-corrected chi connectivity index (χ0v) is 7.63. The van der Waals surface area contributed by atoms with E-state index in [4.69, 9.17) is 22.2 Å². The number of hydrogen-bond donors (Lipinski definition) is 0. The molecule has 0 aliphatic heterocycles. The predicted molar refractivity (Wildman–Crippen MR) is 42.9 cm³/mol. The molecule has 0 saturated heterocycles. The van der Waals surface area contributed by atoms with Gasteiger partial charge >= 0.3 is 0 Å². The van der Waals surface area contributed by atoms with E-state index < -0.39 is 6.69 Å². The number of allylic oxidation sites excluding steroid dienone is 2. The third-order valence-electron chi connectivity index (χ3n) is 0.712. The largest absolute Gasteiger partial charge is 0.252 e. The van der Waals surface area contributed by atoms with Gasteiger partial charge in [-0.2, -0.15) is 0 Å². The van der Waals surface area contributed by atoms with E-state index in [1.54, 1.807) is 0 Å². The lowest BCUT2D eigenvalue weighted by molar-refractivity contribution is 1.59. The molecule has 0 spiro atoms. The highest BCUT2D eigenvalue weighted by molar-refractivity contribution is 7.45. The van der Waals surface area contributed by atoms with Gasteiger partial charge in [0.25, 0.3) is 6.69 Å². The first-order valence-corrected chi connectivity index (χ1v) is 7.28. The Morgan fingerprint density at radius 2 is 2.00 bits per heavy atom. The van der Waals surface area contributed by atoms with Crippen LogP contribution in [0.4, 0.5) is 0 Å². The first kappa shape index (κ1) is 8.54. The van der Waals surface area contributed by atoms with Crippen molar-refractivity contribution in [3.8, 4) is 0 Å². The molecule has 0 N–H and O–H groups in total. The molecule has 0 aromatic heterocycles. The third-order valence-corrected chi connectivity index (χ3v) is 2.59. The smallest absolute Gasteiger partial charge is 0.146 e. The molecular formula is C5H10Cl2Si. The van der Waals surface area contributed by atoms with Gasteiger partial charge in [0.1, 0.15) is 0 Å². The van der Waals surface area contributed by atoms with Gasteiger partial charge < -0.3 is 0 Å². The summed E-state index contributed by atoms with van der Waals surface area (Å²) in [5.74, 6) is 0. The van der Waals surface area contributed by atoms with Crippen LogP contribution in [0.25, 0.3) is 0 Å². The van der Waals surface area contributed by atoms with Crippen LogP contribution in [-0.2, 0) is 0 Å². The molecule has 0 aliphatic rings. The van der Waals surface area contributed by atoms with Crippen molar-refractivity contribution in [2.45, 2.75) is 19.5 Å². The van der Waals surface area contributed by atoms with Crippen LogP contribution in [0.5, 0.6) is 0 Å². The molecular weight excluding hydrogens is 159 g/mol. The summed E-state index contributed by atoms with van der Waals surface area (Å²) in [6.45, 7) is 2.06. The standard InChI is InChI=1S/C5H10Cl2Si/c1-3-4-5-8(2,6)7/h3-4H,5H2,1-2H3/b4-3+. The van der Waals surface area contributed by atoms with Crippen molar-refractivity contribution >= 4 is 28.9 Å². The van der Waals surface area contributed by atoms with Gasteiger partial charge in [0.2, 0.25) is 0 Å². The van der Waals surface area contributed by atoms with Crippen LogP contribution in [0.2, 0.25) is 12.6 Å². The van der Waals surface area contributed by atoms with E-state index in [0.717, 1.165) is 6.04 Å². The zero-order chi connectivity index (χ0) is 6.62. The minimum absolute atomic E-state index is 0.854. The van der Waals surface area contributed by atoms with Crippen LogP contribution in [0.1, 0.15) is 6.92 Å².